The van der Waals surface area contributed by atoms with E-state index in [-0.39, 0.29) is 6.61 Å². The third-order valence-corrected chi connectivity index (χ3v) is 2.50. The van der Waals surface area contributed by atoms with Crippen LogP contribution in [0.5, 0.6) is 5.75 Å². The fourth-order valence-corrected chi connectivity index (χ4v) is 1.25. The highest BCUT2D eigenvalue weighted by molar-refractivity contribution is 6.27. The normalized spacial score (nSPS) is 9.48. The highest BCUT2D eigenvalue weighted by Crippen LogP contribution is 2.15. The van der Waals surface area contributed by atoms with E-state index < -0.39 is 11.9 Å². The van der Waals surface area contributed by atoms with Gasteiger partial charge in [0.2, 0.25) is 0 Å². The molecule has 0 atom stereocenters. The van der Waals surface area contributed by atoms with Crippen LogP contribution >= 0.6 is 0 Å². The van der Waals surface area contributed by atoms with Crippen LogP contribution in [0.4, 0.5) is 0 Å². The molecule has 7 nitrogen and oxygen atoms in total. The fraction of sp³-hybridized carbons (Fsp3) is 0.429. The van der Waals surface area contributed by atoms with Gasteiger partial charge in [-0.2, -0.15) is 0 Å². The summed E-state index contributed by atoms with van der Waals surface area (Å²) < 4.78 is 5.54. The summed E-state index contributed by atoms with van der Waals surface area (Å²) in [4.78, 5) is 18.2. The van der Waals surface area contributed by atoms with Crippen LogP contribution in [-0.2, 0) is 9.59 Å². The molecule has 0 amide bonds. The molecule has 0 saturated heterocycles. The molecule has 118 valence electrons. The number of carbonyl (C=O) groups is 2. The summed E-state index contributed by atoms with van der Waals surface area (Å²) in [6.07, 6.45) is 0. The number of aliphatic hydroxyl groups is 1. The van der Waals surface area contributed by atoms with Crippen molar-refractivity contribution < 1.29 is 29.6 Å². The maximum atomic E-state index is 9.10. The minimum Gasteiger partial charge on any atom is -0.492 e. The highest BCUT2D eigenvalue weighted by atomic mass is 16.5. The minimum atomic E-state index is -1.82. The first-order chi connectivity index (χ1) is 9.88. The molecule has 0 spiro atoms. The number of hydrogen-bond donors (Lipinski definition) is 4. The van der Waals surface area contributed by atoms with Crippen molar-refractivity contribution in [1.82, 2.24) is 5.32 Å². The quantitative estimate of drug-likeness (QED) is 0.444. The van der Waals surface area contributed by atoms with Gasteiger partial charge in [-0.3, -0.25) is 0 Å². The number of aliphatic carboxylic acids is 2. The molecule has 0 aromatic heterocycles. The van der Waals surface area contributed by atoms with E-state index in [2.05, 4.69) is 25.2 Å². The Morgan fingerprint density at radius 2 is 1.71 bits per heavy atom. The number of benzene rings is 1. The molecule has 0 aliphatic carbocycles. The number of carboxylic acid groups (broad SMARTS) is 2. The van der Waals surface area contributed by atoms with Crippen LogP contribution < -0.4 is 10.1 Å². The van der Waals surface area contributed by atoms with Gasteiger partial charge in [-0.1, -0.05) is 6.07 Å². The Balaban J connectivity index is 0.000000567. The number of aryl methyl sites for hydroxylation is 2. The number of hydrogen-bond acceptors (Lipinski definition) is 5. The van der Waals surface area contributed by atoms with Crippen LogP contribution in [0.3, 0.4) is 0 Å². The zero-order valence-electron chi connectivity index (χ0n) is 12.1. The van der Waals surface area contributed by atoms with Crippen molar-refractivity contribution >= 4 is 11.9 Å². The molecule has 0 unspecified atom stereocenters. The second-order valence-corrected chi connectivity index (χ2v) is 4.18. The van der Waals surface area contributed by atoms with E-state index in [1.54, 1.807) is 0 Å². The zero-order chi connectivity index (χ0) is 16.3. The summed E-state index contributed by atoms with van der Waals surface area (Å²) in [6.45, 7) is 6.34. The van der Waals surface area contributed by atoms with Crippen molar-refractivity contribution in [1.29, 1.82) is 0 Å². The Morgan fingerprint density at radius 1 is 1.10 bits per heavy atom. The number of carboxylic acids is 2. The average Bonchev–Trinajstić information content (AvgIpc) is 2.43. The summed E-state index contributed by atoms with van der Waals surface area (Å²) in [7, 11) is 0. The van der Waals surface area contributed by atoms with Crippen LogP contribution in [0.25, 0.3) is 0 Å². The van der Waals surface area contributed by atoms with Gasteiger partial charge in [0.05, 0.1) is 6.61 Å². The maximum Gasteiger partial charge on any atom is 0.414 e. The lowest BCUT2D eigenvalue weighted by molar-refractivity contribution is -0.159. The van der Waals surface area contributed by atoms with Crippen molar-refractivity contribution in [2.45, 2.75) is 13.8 Å². The van der Waals surface area contributed by atoms with Crippen LogP contribution in [0.2, 0.25) is 0 Å². The Hall–Kier alpha value is -2.12. The highest BCUT2D eigenvalue weighted by Gasteiger charge is 2.04. The standard InChI is InChI=1S/C12H19NO2.C2H2O4/c1-10-3-4-12(9-11(10)2)15-8-6-13-5-7-14;3-1(4)2(5)6/h3-4,9,13-14H,5-8H2,1-2H3;(H,3,4)(H,5,6). The Bertz CT molecular complexity index is 449. The van der Waals surface area contributed by atoms with Crippen LogP contribution in [0.15, 0.2) is 18.2 Å². The van der Waals surface area contributed by atoms with Gasteiger partial charge < -0.3 is 25.4 Å². The van der Waals surface area contributed by atoms with E-state index >= 15 is 0 Å². The van der Waals surface area contributed by atoms with Crippen molar-refractivity contribution in [3.05, 3.63) is 29.3 Å². The topological polar surface area (TPSA) is 116 Å². The summed E-state index contributed by atoms with van der Waals surface area (Å²) in [6, 6.07) is 6.08. The van der Waals surface area contributed by atoms with E-state index in [0.717, 1.165) is 12.3 Å². The zero-order valence-corrected chi connectivity index (χ0v) is 12.1. The predicted octanol–water partition coefficient (Wildman–Crippen LogP) is 0.420. The molecule has 0 aliphatic rings. The minimum absolute atomic E-state index is 0.170. The Morgan fingerprint density at radius 3 is 2.19 bits per heavy atom. The van der Waals surface area contributed by atoms with Gasteiger partial charge in [-0.25, -0.2) is 9.59 Å². The smallest absolute Gasteiger partial charge is 0.414 e. The van der Waals surface area contributed by atoms with E-state index in [1.165, 1.54) is 11.1 Å². The molecule has 1 rings (SSSR count). The van der Waals surface area contributed by atoms with Crippen molar-refractivity contribution in [2.75, 3.05) is 26.3 Å². The molecule has 1 aromatic carbocycles. The second kappa shape index (κ2) is 10.6. The van der Waals surface area contributed by atoms with Crippen molar-refractivity contribution in [2.24, 2.45) is 0 Å². The lowest BCUT2D eigenvalue weighted by atomic mass is 10.1. The first-order valence-electron chi connectivity index (χ1n) is 6.36. The molecular formula is C14H21NO6. The lowest BCUT2D eigenvalue weighted by Gasteiger charge is -2.08. The maximum absolute atomic E-state index is 9.10. The lowest BCUT2D eigenvalue weighted by Crippen LogP contribution is -2.23. The molecule has 0 radical (unpaired) electrons. The third-order valence-electron chi connectivity index (χ3n) is 2.50. The van der Waals surface area contributed by atoms with Crippen LogP contribution in [-0.4, -0.2) is 53.6 Å². The summed E-state index contributed by atoms with van der Waals surface area (Å²) >= 11 is 0. The molecule has 1 aromatic rings. The molecule has 0 saturated carbocycles. The van der Waals surface area contributed by atoms with Crippen LogP contribution in [0.1, 0.15) is 11.1 Å². The average molecular weight is 299 g/mol. The molecule has 4 N–H and O–H groups in total. The monoisotopic (exact) mass is 299 g/mol. The predicted molar refractivity (Wildman–Crippen MR) is 76.6 cm³/mol. The van der Waals surface area contributed by atoms with Gasteiger partial charge in [0, 0.05) is 13.1 Å². The molecule has 0 aliphatic heterocycles. The number of nitrogens with one attached hydrogen (secondary N) is 1. The van der Waals surface area contributed by atoms with Gasteiger partial charge in [0.1, 0.15) is 12.4 Å². The van der Waals surface area contributed by atoms with E-state index in [0.29, 0.717) is 13.2 Å². The van der Waals surface area contributed by atoms with Crippen LogP contribution in [0, 0.1) is 13.8 Å². The van der Waals surface area contributed by atoms with E-state index in [9.17, 15) is 0 Å². The first kappa shape index (κ1) is 18.9. The van der Waals surface area contributed by atoms with E-state index in [4.69, 9.17) is 29.6 Å². The number of aliphatic hydroxyl groups excluding tert-OH is 1. The molecule has 0 fully saturated rings. The van der Waals surface area contributed by atoms with Gasteiger partial charge in [0.15, 0.2) is 0 Å². The number of rotatable bonds is 6. The third kappa shape index (κ3) is 9.42. The SMILES string of the molecule is Cc1ccc(OCCNCCO)cc1C.O=C(O)C(=O)O. The summed E-state index contributed by atoms with van der Waals surface area (Å²) in [5.41, 5.74) is 2.52. The van der Waals surface area contributed by atoms with Gasteiger partial charge >= 0.3 is 11.9 Å². The molecule has 0 heterocycles. The second-order valence-electron chi connectivity index (χ2n) is 4.18. The van der Waals surface area contributed by atoms with Crippen molar-refractivity contribution in [3.63, 3.8) is 0 Å². The number of ether oxygens (including phenoxy) is 1. The molecule has 21 heavy (non-hydrogen) atoms. The summed E-state index contributed by atoms with van der Waals surface area (Å²) in [5, 5.41) is 26.4. The Kier molecular flexibility index (Phi) is 9.57. The fourth-order valence-electron chi connectivity index (χ4n) is 1.25. The van der Waals surface area contributed by atoms with Gasteiger partial charge in [-0.05, 0) is 37.1 Å². The summed E-state index contributed by atoms with van der Waals surface area (Å²) in [5.74, 6) is -2.74. The molecular weight excluding hydrogens is 278 g/mol. The van der Waals surface area contributed by atoms with Gasteiger partial charge in [-0.15, -0.1) is 0 Å². The Labute approximate surface area is 123 Å². The molecule has 0 bridgehead atoms. The van der Waals surface area contributed by atoms with E-state index in [1.807, 2.05) is 12.1 Å². The largest absolute Gasteiger partial charge is 0.492 e. The van der Waals surface area contributed by atoms with Crippen molar-refractivity contribution in [3.8, 4) is 5.75 Å². The molecule has 7 heteroatoms. The van der Waals surface area contributed by atoms with Gasteiger partial charge in [0.25, 0.3) is 0 Å². The first-order valence-corrected chi connectivity index (χ1v) is 6.36.